The fraction of sp³-hybridized carbons (Fsp3) is 0.316. The highest BCUT2D eigenvalue weighted by Gasteiger charge is 2.34. The van der Waals surface area contributed by atoms with Crippen LogP contribution in [0.3, 0.4) is 0 Å². The first kappa shape index (κ1) is 16.4. The second-order valence-electron chi connectivity index (χ2n) is 6.14. The zero-order chi connectivity index (χ0) is 17.9. The van der Waals surface area contributed by atoms with Gasteiger partial charge in [-0.2, -0.15) is 4.98 Å². The van der Waals surface area contributed by atoms with Gasteiger partial charge in [0.1, 0.15) is 11.5 Å². The maximum atomic E-state index is 12.3. The molecule has 0 radical (unpaired) electrons. The predicted molar refractivity (Wildman–Crippen MR) is 92.4 cm³/mol. The van der Waals surface area contributed by atoms with Gasteiger partial charge in [-0.25, -0.2) is 0 Å². The molecule has 1 atom stereocenters. The van der Waals surface area contributed by atoms with Crippen molar-refractivity contribution in [1.29, 1.82) is 0 Å². The highest BCUT2D eigenvalue weighted by Crippen LogP contribution is 2.32. The van der Waals surface area contributed by atoms with Gasteiger partial charge in [0, 0.05) is 13.0 Å². The Balaban J connectivity index is 1.51. The Kier molecular flexibility index (Phi) is 4.43. The van der Waals surface area contributed by atoms with Crippen LogP contribution in [0.25, 0.3) is 11.4 Å². The van der Waals surface area contributed by atoms with Crippen LogP contribution in [-0.4, -0.2) is 34.1 Å². The number of hydrogen-bond donors (Lipinski definition) is 0. The summed E-state index contributed by atoms with van der Waals surface area (Å²) in [5.74, 6) is 2.36. The molecule has 0 bridgehead atoms. The van der Waals surface area contributed by atoms with Gasteiger partial charge in [-0.15, -0.1) is 0 Å². The highest BCUT2D eigenvalue weighted by atomic mass is 16.5. The third-order valence-electron chi connectivity index (χ3n) is 4.36. The van der Waals surface area contributed by atoms with Crippen LogP contribution < -0.4 is 4.74 Å². The Hall–Kier alpha value is -3.09. The minimum Gasteiger partial charge on any atom is -0.493 e. The molecule has 1 unspecified atom stereocenters. The predicted octanol–water partition coefficient (Wildman–Crippen LogP) is 3.24. The molecule has 4 rings (SSSR count). The fourth-order valence-corrected chi connectivity index (χ4v) is 3.12. The lowest BCUT2D eigenvalue weighted by molar-refractivity contribution is -0.128. The lowest BCUT2D eigenvalue weighted by Gasteiger charge is -2.13. The van der Waals surface area contributed by atoms with Crippen molar-refractivity contribution in [1.82, 2.24) is 15.0 Å². The molecule has 7 nitrogen and oxygen atoms in total. The molecule has 1 saturated heterocycles. The molecule has 1 aliphatic rings. The minimum absolute atomic E-state index is 0.0564. The first-order valence-corrected chi connectivity index (χ1v) is 8.60. The number of benzene rings is 1. The van der Waals surface area contributed by atoms with Crippen LogP contribution >= 0.6 is 0 Å². The van der Waals surface area contributed by atoms with E-state index in [1.165, 1.54) is 0 Å². The lowest BCUT2D eigenvalue weighted by Crippen LogP contribution is -2.24. The molecule has 0 N–H and O–H groups in total. The van der Waals surface area contributed by atoms with E-state index in [4.69, 9.17) is 13.7 Å². The third-order valence-corrected chi connectivity index (χ3v) is 4.36. The number of ether oxygens (including phenoxy) is 1. The number of hydrogen-bond acceptors (Lipinski definition) is 6. The molecule has 2 aromatic heterocycles. The third kappa shape index (κ3) is 3.20. The summed E-state index contributed by atoms with van der Waals surface area (Å²) < 4.78 is 16.4. The number of para-hydroxylation sites is 1. The quantitative estimate of drug-likeness (QED) is 0.677. The Morgan fingerprint density at radius 2 is 2.15 bits per heavy atom. The molecule has 1 aliphatic heterocycles. The van der Waals surface area contributed by atoms with E-state index in [0.29, 0.717) is 43.6 Å². The fourth-order valence-electron chi connectivity index (χ4n) is 3.12. The van der Waals surface area contributed by atoms with Crippen molar-refractivity contribution in [2.45, 2.75) is 25.8 Å². The zero-order valence-corrected chi connectivity index (χ0v) is 14.4. The summed E-state index contributed by atoms with van der Waals surface area (Å²) in [5, 5.41) is 4.09. The summed E-state index contributed by atoms with van der Waals surface area (Å²) in [6, 6.07) is 11.2. The molecule has 1 fully saturated rings. The smallest absolute Gasteiger partial charge is 0.232 e. The number of amides is 1. The standard InChI is InChI=1S/C19H19N3O4/c1-2-24-16-8-4-3-7-15(16)18-20-19(26-21-18)13-10-17(23)22(11-13)12-14-6-5-9-25-14/h3-9,13H,2,10-12H2,1H3. The first-order chi connectivity index (χ1) is 12.7. The monoisotopic (exact) mass is 353 g/mol. The minimum atomic E-state index is -0.113. The summed E-state index contributed by atoms with van der Waals surface area (Å²) in [6.45, 7) is 3.47. The summed E-state index contributed by atoms with van der Waals surface area (Å²) in [7, 11) is 0. The van der Waals surface area contributed by atoms with Gasteiger partial charge in [-0.3, -0.25) is 4.79 Å². The van der Waals surface area contributed by atoms with Crippen LogP contribution in [0.15, 0.2) is 51.6 Å². The van der Waals surface area contributed by atoms with Crippen LogP contribution in [0.5, 0.6) is 5.75 Å². The van der Waals surface area contributed by atoms with Gasteiger partial charge in [-0.1, -0.05) is 17.3 Å². The van der Waals surface area contributed by atoms with E-state index in [9.17, 15) is 4.79 Å². The zero-order valence-electron chi connectivity index (χ0n) is 14.4. The Morgan fingerprint density at radius 1 is 1.27 bits per heavy atom. The van der Waals surface area contributed by atoms with E-state index < -0.39 is 0 Å². The van der Waals surface area contributed by atoms with Crippen molar-refractivity contribution in [3.63, 3.8) is 0 Å². The van der Waals surface area contributed by atoms with Crippen molar-refractivity contribution >= 4 is 5.91 Å². The number of furan rings is 1. The largest absolute Gasteiger partial charge is 0.493 e. The van der Waals surface area contributed by atoms with E-state index in [-0.39, 0.29) is 11.8 Å². The van der Waals surface area contributed by atoms with Gasteiger partial charge in [-0.05, 0) is 31.2 Å². The normalized spacial score (nSPS) is 17.0. The van der Waals surface area contributed by atoms with E-state index in [0.717, 1.165) is 11.3 Å². The van der Waals surface area contributed by atoms with E-state index >= 15 is 0 Å². The molecular weight excluding hydrogens is 334 g/mol. The van der Waals surface area contributed by atoms with Gasteiger partial charge in [0.05, 0.1) is 30.9 Å². The van der Waals surface area contributed by atoms with Crippen LogP contribution in [0.4, 0.5) is 0 Å². The number of nitrogens with zero attached hydrogens (tertiary/aromatic N) is 3. The summed E-state index contributed by atoms with van der Waals surface area (Å²) >= 11 is 0. The Labute approximate surface area is 150 Å². The first-order valence-electron chi connectivity index (χ1n) is 8.60. The molecule has 26 heavy (non-hydrogen) atoms. The summed E-state index contributed by atoms with van der Waals surface area (Å²) in [6.07, 6.45) is 1.96. The molecule has 3 aromatic rings. The number of likely N-dealkylation sites (tertiary alicyclic amines) is 1. The van der Waals surface area contributed by atoms with E-state index in [1.54, 1.807) is 11.2 Å². The maximum Gasteiger partial charge on any atom is 0.232 e. The SMILES string of the molecule is CCOc1ccccc1-c1noc(C2CC(=O)N(Cc3ccco3)C2)n1. The maximum absolute atomic E-state index is 12.3. The summed E-state index contributed by atoms with van der Waals surface area (Å²) in [4.78, 5) is 18.5. The molecule has 1 aromatic carbocycles. The lowest BCUT2D eigenvalue weighted by atomic mass is 10.1. The van der Waals surface area contributed by atoms with Crippen molar-refractivity contribution < 1.29 is 18.5 Å². The van der Waals surface area contributed by atoms with Crippen LogP contribution in [0.1, 0.15) is 30.9 Å². The molecule has 1 amide bonds. The van der Waals surface area contributed by atoms with E-state index in [1.807, 2.05) is 43.3 Å². The molecule has 0 aliphatic carbocycles. The van der Waals surface area contributed by atoms with Gasteiger partial charge < -0.3 is 18.6 Å². The van der Waals surface area contributed by atoms with Crippen molar-refractivity contribution in [3.05, 3.63) is 54.3 Å². The van der Waals surface area contributed by atoms with Crippen LogP contribution in [0, 0.1) is 0 Å². The number of rotatable bonds is 6. The van der Waals surface area contributed by atoms with Gasteiger partial charge in [0.25, 0.3) is 0 Å². The average molecular weight is 353 g/mol. The molecule has 0 spiro atoms. The molecule has 134 valence electrons. The van der Waals surface area contributed by atoms with Crippen molar-refractivity contribution in [3.8, 4) is 17.1 Å². The molecule has 3 heterocycles. The number of carbonyl (C=O) groups excluding carboxylic acids is 1. The molecule has 0 saturated carbocycles. The second-order valence-corrected chi connectivity index (χ2v) is 6.14. The Morgan fingerprint density at radius 3 is 2.96 bits per heavy atom. The van der Waals surface area contributed by atoms with Gasteiger partial charge in [0.2, 0.25) is 17.6 Å². The number of aromatic nitrogens is 2. The second kappa shape index (κ2) is 7.03. The number of carbonyl (C=O) groups is 1. The topological polar surface area (TPSA) is 81.6 Å². The average Bonchev–Trinajstić information content (AvgIpc) is 3.38. The van der Waals surface area contributed by atoms with Crippen molar-refractivity contribution in [2.75, 3.05) is 13.2 Å². The van der Waals surface area contributed by atoms with Gasteiger partial charge >= 0.3 is 0 Å². The van der Waals surface area contributed by atoms with E-state index in [2.05, 4.69) is 10.1 Å². The van der Waals surface area contributed by atoms with Crippen LogP contribution in [0.2, 0.25) is 0 Å². The molecule has 7 heteroatoms. The van der Waals surface area contributed by atoms with Crippen molar-refractivity contribution in [2.24, 2.45) is 0 Å². The van der Waals surface area contributed by atoms with Gasteiger partial charge in [0.15, 0.2) is 0 Å². The molecular formula is C19H19N3O4. The highest BCUT2D eigenvalue weighted by molar-refractivity contribution is 5.79. The summed E-state index contributed by atoms with van der Waals surface area (Å²) in [5.41, 5.74) is 0.779. The Bertz CT molecular complexity index is 888. The van der Waals surface area contributed by atoms with Crippen LogP contribution in [-0.2, 0) is 11.3 Å².